The Labute approximate surface area is 142 Å². The number of halogens is 1. The van der Waals surface area contributed by atoms with Gasteiger partial charge in [-0.15, -0.1) is 0 Å². The predicted octanol–water partition coefficient (Wildman–Crippen LogP) is 3.62. The van der Waals surface area contributed by atoms with Gasteiger partial charge in [0.05, 0.1) is 7.11 Å². The Balaban J connectivity index is 1.89. The smallest absolute Gasteiger partial charge is 0.336 e. The van der Waals surface area contributed by atoms with E-state index in [1.54, 1.807) is 43.5 Å². The van der Waals surface area contributed by atoms with Gasteiger partial charge in [0.1, 0.15) is 23.2 Å². The second-order valence-corrected chi connectivity index (χ2v) is 5.98. The quantitative estimate of drug-likeness (QED) is 0.719. The lowest BCUT2D eigenvalue weighted by Crippen LogP contribution is -2.13. The number of rotatable bonds is 2. The summed E-state index contributed by atoms with van der Waals surface area (Å²) in [7, 11) is 1.55. The van der Waals surface area contributed by atoms with E-state index in [0.717, 1.165) is 0 Å². The first-order chi connectivity index (χ1) is 11.6. The van der Waals surface area contributed by atoms with Gasteiger partial charge in [-0.05, 0) is 36.4 Å². The van der Waals surface area contributed by atoms with Crippen LogP contribution < -0.4 is 15.1 Å². The first-order valence-corrected chi connectivity index (χ1v) is 7.70. The average molecular weight is 345 g/mol. The van der Waals surface area contributed by atoms with Gasteiger partial charge < -0.3 is 19.0 Å². The van der Waals surface area contributed by atoms with Crippen molar-refractivity contribution in [3.05, 3.63) is 69.0 Å². The number of fused-ring (bicyclic) bond motifs is 2. The van der Waals surface area contributed by atoms with Gasteiger partial charge in [-0.25, -0.2) is 4.79 Å². The molecule has 2 heterocycles. The first kappa shape index (κ1) is 15.1. The zero-order chi connectivity index (χ0) is 16.8. The lowest BCUT2D eigenvalue weighted by molar-refractivity contribution is 0.0680. The van der Waals surface area contributed by atoms with Crippen LogP contribution in [0.5, 0.6) is 11.5 Å². The molecule has 1 aromatic heterocycles. The predicted molar refractivity (Wildman–Crippen MR) is 88.8 cm³/mol. The molecule has 122 valence electrons. The summed E-state index contributed by atoms with van der Waals surface area (Å²) in [6.45, 7) is 0. The van der Waals surface area contributed by atoms with E-state index < -0.39 is 17.8 Å². The van der Waals surface area contributed by atoms with Crippen molar-refractivity contribution >= 4 is 22.6 Å². The van der Waals surface area contributed by atoms with Gasteiger partial charge in [0, 0.05) is 27.6 Å². The van der Waals surface area contributed by atoms with Gasteiger partial charge in [0.2, 0.25) is 0 Å². The molecule has 0 amide bonds. The zero-order valence-corrected chi connectivity index (χ0v) is 13.4. The fraction of sp³-hybridized carbons (Fsp3) is 0.167. The summed E-state index contributed by atoms with van der Waals surface area (Å²) in [5.41, 5.74) is 1.03. The average Bonchev–Trinajstić information content (AvgIpc) is 2.90. The molecule has 1 aliphatic rings. The van der Waals surface area contributed by atoms with Gasteiger partial charge in [-0.3, -0.25) is 0 Å². The minimum Gasteiger partial charge on any atom is -0.497 e. The Morgan fingerprint density at radius 1 is 1.12 bits per heavy atom. The molecule has 6 heteroatoms. The third kappa shape index (κ3) is 2.33. The maximum atomic E-state index is 11.9. The van der Waals surface area contributed by atoms with Crippen LogP contribution in [0, 0.1) is 0 Å². The summed E-state index contributed by atoms with van der Waals surface area (Å²) < 4.78 is 16.3. The van der Waals surface area contributed by atoms with Gasteiger partial charge in [-0.1, -0.05) is 11.6 Å². The number of benzene rings is 2. The van der Waals surface area contributed by atoms with E-state index in [-0.39, 0.29) is 0 Å². The van der Waals surface area contributed by atoms with Crippen molar-refractivity contribution in [2.24, 2.45) is 0 Å². The molecule has 0 saturated carbocycles. The molecule has 2 atom stereocenters. The lowest BCUT2D eigenvalue weighted by atomic mass is 9.98. The lowest BCUT2D eigenvalue weighted by Gasteiger charge is -2.16. The Morgan fingerprint density at radius 3 is 2.75 bits per heavy atom. The maximum Gasteiger partial charge on any atom is 0.336 e. The topological polar surface area (TPSA) is 68.9 Å². The van der Waals surface area contributed by atoms with Crippen LogP contribution in [-0.2, 0) is 0 Å². The standard InChI is InChI=1S/C18H13ClO5/c1-22-10-3-5-14-11(7-10)12(8-16(20)23-14)18-17(21)13-6-9(19)2-4-15(13)24-18/h2-8,17-18,21H,1H3/t17-,18-/m0/s1. The van der Waals surface area contributed by atoms with Crippen molar-refractivity contribution in [3.8, 4) is 11.5 Å². The zero-order valence-electron chi connectivity index (χ0n) is 12.7. The second kappa shape index (κ2) is 5.54. The molecule has 0 unspecified atom stereocenters. The van der Waals surface area contributed by atoms with Crippen molar-refractivity contribution in [2.75, 3.05) is 7.11 Å². The van der Waals surface area contributed by atoms with Crippen LogP contribution in [0.4, 0.5) is 0 Å². The number of aliphatic hydroxyl groups is 1. The van der Waals surface area contributed by atoms with Crippen molar-refractivity contribution in [1.29, 1.82) is 0 Å². The number of hydrogen-bond donors (Lipinski definition) is 1. The van der Waals surface area contributed by atoms with Crippen LogP contribution in [-0.4, -0.2) is 12.2 Å². The van der Waals surface area contributed by atoms with Crippen molar-refractivity contribution in [1.82, 2.24) is 0 Å². The van der Waals surface area contributed by atoms with Gasteiger partial charge >= 0.3 is 5.63 Å². The Kier molecular flexibility index (Phi) is 3.48. The Hall–Kier alpha value is -2.50. The van der Waals surface area contributed by atoms with E-state index in [1.807, 2.05) is 0 Å². The molecule has 4 rings (SSSR count). The fourth-order valence-corrected chi connectivity index (χ4v) is 3.16. The molecule has 3 aromatic rings. The monoisotopic (exact) mass is 344 g/mol. The summed E-state index contributed by atoms with van der Waals surface area (Å²) in [6.07, 6.45) is -1.66. The van der Waals surface area contributed by atoms with Crippen molar-refractivity contribution in [2.45, 2.75) is 12.2 Å². The largest absolute Gasteiger partial charge is 0.497 e. The van der Waals surface area contributed by atoms with E-state index in [1.165, 1.54) is 6.07 Å². The Bertz CT molecular complexity index is 994. The highest BCUT2D eigenvalue weighted by Gasteiger charge is 2.35. The molecule has 0 bridgehead atoms. The van der Waals surface area contributed by atoms with E-state index in [9.17, 15) is 9.90 Å². The number of aliphatic hydroxyl groups excluding tert-OH is 1. The molecule has 0 radical (unpaired) electrons. The van der Waals surface area contributed by atoms with Crippen molar-refractivity contribution < 1.29 is 19.0 Å². The highest BCUT2D eigenvalue weighted by molar-refractivity contribution is 6.30. The molecule has 0 aliphatic carbocycles. The van der Waals surface area contributed by atoms with E-state index in [0.29, 0.717) is 38.6 Å². The summed E-state index contributed by atoms with van der Waals surface area (Å²) in [6, 6.07) is 11.5. The third-order valence-corrected chi connectivity index (χ3v) is 4.35. The number of hydrogen-bond acceptors (Lipinski definition) is 5. The summed E-state index contributed by atoms with van der Waals surface area (Å²) in [5, 5.41) is 11.8. The van der Waals surface area contributed by atoms with Crippen LogP contribution in [0.15, 0.2) is 51.7 Å². The van der Waals surface area contributed by atoms with Gasteiger partial charge in [-0.2, -0.15) is 0 Å². The molecule has 1 aliphatic heterocycles. The third-order valence-electron chi connectivity index (χ3n) is 4.12. The summed E-state index contributed by atoms with van der Waals surface area (Å²) in [4.78, 5) is 11.9. The summed E-state index contributed by atoms with van der Waals surface area (Å²) in [5.74, 6) is 1.16. The van der Waals surface area contributed by atoms with Crippen LogP contribution in [0.3, 0.4) is 0 Å². The second-order valence-electron chi connectivity index (χ2n) is 5.55. The minimum atomic E-state index is -0.935. The molecular formula is C18H13ClO5. The van der Waals surface area contributed by atoms with Gasteiger partial charge in [0.15, 0.2) is 6.10 Å². The van der Waals surface area contributed by atoms with E-state index in [2.05, 4.69) is 0 Å². The fourth-order valence-electron chi connectivity index (χ4n) is 2.98. The molecule has 0 fully saturated rings. The van der Waals surface area contributed by atoms with Gasteiger partial charge in [0.25, 0.3) is 0 Å². The maximum absolute atomic E-state index is 11.9. The molecule has 0 saturated heterocycles. The highest BCUT2D eigenvalue weighted by Crippen LogP contribution is 2.46. The molecule has 2 aromatic carbocycles. The van der Waals surface area contributed by atoms with Crippen LogP contribution >= 0.6 is 11.6 Å². The Morgan fingerprint density at radius 2 is 1.96 bits per heavy atom. The normalized spacial score (nSPS) is 19.1. The van der Waals surface area contributed by atoms with Crippen LogP contribution in [0.1, 0.15) is 23.3 Å². The molecule has 1 N–H and O–H groups in total. The molecule has 0 spiro atoms. The SMILES string of the molecule is COc1ccc2oc(=O)cc([C@@H]3Oc4ccc(Cl)cc4[C@@H]3O)c2c1. The molecule has 5 nitrogen and oxygen atoms in total. The number of methoxy groups -OCH3 is 1. The number of ether oxygens (including phenoxy) is 2. The van der Waals surface area contributed by atoms with Crippen molar-refractivity contribution in [3.63, 3.8) is 0 Å². The van der Waals surface area contributed by atoms with E-state index >= 15 is 0 Å². The van der Waals surface area contributed by atoms with Crippen LogP contribution in [0.25, 0.3) is 11.0 Å². The minimum absolute atomic E-state index is 0.406. The first-order valence-electron chi connectivity index (χ1n) is 7.33. The van der Waals surface area contributed by atoms with Crippen LogP contribution in [0.2, 0.25) is 5.02 Å². The van der Waals surface area contributed by atoms with E-state index in [4.69, 9.17) is 25.5 Å². The summed E-state index contributed by atoms with van der Waals surface area (Å²) >= 11 is 5.99. The molecule has 24 heavy (non-hydrogen) atoms. The molecular weight excluding hydrogens is 332 g/mol. The highest BCUT2D eigenvalue weighted by atomic mass is 35.5.